The van der Waals surface area contributed by atoms with Crippen LogP contribution in [0.25, 0.3) is 0 Å². The average Bonchev–Trinajstić information content (AvgIpc) is 3.69. The number of hydrogen-bond donors (Lipinski definition) is 1. The molecular formula is C26H30F2N4O2S. The lowest BCUT2D eigenvalue weighted by Crippen LogP contribution is -2.39. The lowest BCUT2D eigenvalue weighted by molar-refractivity contribution is 0.334. The standard InChI is InChI=1S/C26H30F2N4O2S/c27-13-19(14-28)31-35(33,34)21-9-11-24(30-16-21)26-23(15-29)22-10-8-18(17-6-7-17)12-25(22)32(26)20-4-2-1-3-5-20/h8-12,16-17,19-20,23,26,31H,1-7,13-14H2. The van der Waals surface area contributed by atoms with Crippen LogP contribution >= 0.6 is 0 Å². The topological polar surface area (TPSA) is 86.1 Å². The van der Waals surface area contributed by atoms with Crippen LogP contribution in [0.1, 0.15) is 79.6 Å². The molecule has 1 N–H and O–H groups in total. The van der Waals surface area contributed by atoms with E-state index in [-0.39, 0.29) is 10.9 Å². The number of aromatic nitrogens is 1. The van der Waals surface area contributed by atoms with Gasteiger partial charge in [0, 0.05) is 17.9 Å². The van der Waals surface area contributed by atoms with Crippen LogP contribution in [0.3, 0.4) is 0 Å². The maximum atomic E-state index is 12.9. The third-order valence-corrected chi connectivity index (χ3v) is 9.01. The zero-order valence-corrected chi connectivity index (χ0v) is 20.4. The van der Waals surface area contributed by atoms with Crippen molar-refractivity contribution < 1.29 is 17.2 Å². The molecule has 2 saturated carbocycles. The second kappa shape index (κ2) is 9.82. The summed E-state index contributed by atoms with van der Waals surface area (Å²) >= 11 is 0. The number of rotatable bonds is 8. The van der Waals surface area contributed by atoms with Crippen molar-refractivity contribution in [2.75, 3.05) is 18.2 Å². The first-order valence-electron chi connectivity index (χ1n) is 12.4. The summed E-state index contributed by atoms with van der Waals surface area (Å²) in [5, 5.41) is 10.2. The highest BCUT2D eigenvalue weighted by atomic mass is 32.2. The summed E-state index contributed by atoms with van der Waals surface area (Å²) in [6.07, 6.45) is 9.21. The lowest BCUT2D eigenvalue weighted by atomic mass is 9.91. The molecule has 1 aromatic carbocycles. The lowest BCUT2D eigenvalue weighted by Gasteiger charge is -2.38. The van der Waals surface area contributed by atoms with Crippen LogP contribution in [0.5, 0.6) is 0 Å². The third-order valence-electron chi connectivity index (χ3n) is 7.51. The largest absolute Gasteiger partial charge is 0.358 e. The second-order valence-electron chi connectivity index (χ2n) is 9.89. The Morgan fingerprint density at radius 1 is 1.09 bits per heavy atom. The maximum Gasteiger partial charge on any atom is 0.242 e. The van der Waals surface area contributed by atoms with Crippen LogP contribution in [-0.2, 0) is 10.0 Å². The molecule has 2 fully saturated rings. The van der Waals surface area contributed by atoms with E-state index in [2.05, 4.69) is 34.2 Å². The highest BCUT2D eigenvalue weighted by Crippen LogP contribution is 2.53. The fourth-order valence-electron chi connectivity index (χ4n) is 5.55. The molecule has 1 aromatic heterocycles. The molecule has 9 heteroatoms. The fraction of sp³-hybridized carbons (Fsp3) is 0.538. The molecular weight excluding hydrogens is 470 g/mol. The number of anilines is 1. The van der Waals surface area contributed by atoms with Crippen molar-refractivity contribution in [2.45, 2.75) is 79.8 Å². The minimum absolute atomic E-state index is 0.155. The molecule has 2 heterocycles. The number of hydrogen-bond acceptors (Lipinski definition) is 5. The molecule has 2 unspecified atom stereocenters. The zero-order chi connectivity index (χ0) is 24.6. The molecule has 2 aliphatic carbocycles. The normalized spacial score (nSPS) is 22.9. The quantitative estimate of drug-likeness (QED) is 0.548. The molecule has 5 rings (SSSR count). The molecule has 2 atom stereocenters. The summed E-state index contributed by atoms with van der Waals surface area (Å²) in [6.45, 7) is -2.27. The van der Waals surface area contributed by atoms with Crippen molar-refractivity contribution in [2.24, 2.45) is 0 Å². The Bertz CT molecular complexity index is 1200. The van der Waals surface area contributed by atoms with Crippen LogP contribution in [-0.4, -0.2) is 38.8 Å². The Hall–Kier alpha value is -2.57. The number of benzene rings is 1. The highest BCUT2D eigenvalue weighted by Gasteiger charge is 2.44. The van der Waals surface area contributed by atoms with Gasteiger partial charge in [-0.15, -0.1) is 0 Å². The monoisotopic (exact) mass is 500 g/mol. The van der Waals surface area contributed by atoms with Gasteiger partial charge in [0.25, 0.3) is 0 Å². The predicted octanol–water partition coefficient (Wildman–Crippen LogP) is 5.05. The predicted molar refractivity (Wildman–Crippen MR) is 129 cm³/mol. The summed E-state index contributed by atoms with van der Waals surface area (Å²) in [5.74, 6) is 0.177. The van der Waals surface area contributed by atoms with Crippen LogP contribution < -0.4 is 9.62 Å². The van der Waals surface area contributed by atoms with Gasteiger partial charge in [-0.2, -0.15) is 5.26 Å². The molecule has 3 aliphatic rings. The van der Waals surface area contributed by atoms with Crippen LogP contribution in [0.4, 0.5) is 14.5 Å². The van der Waals surface area contributed by atoms with Gasteiger partial charge in [-0.3, -0.25) is 4.98 Å². The Morgan fingerprint density at radius 2 is 1.83 bits per heavy atom. The number of nitrogens with zero attached hydrogens (tertiary/aromatic N) is 3. The van der Waals surface area contributed by atoms with Gasteiger partial charge < -0.3 is 4.90 Å². The molecule has 186 valence electrons. The number of nitriles is 1. The molecule has 0 radical (unpaired) electrons. The van der Waals surface area contributed by atoms with E-state index >= 15 is 0 Å². The minimum atomic E-state index is -4.11. The summed E-state index contributed by atoms with van der Waals surface area (Å²) in [4.78, 5) is 6.69. The Morgan fingerprint density at radius 3 is 2.43 bits per heavy atom. The summed E-state index contributed by atoms with van der Waals surface area (Å²) in [5.41, 5.74) is 4.04. The minimum Gasteiger partial charge on any atom is -0.358 e. The van der Waals surface area contributed by atoms with E-state index in [1.165, 1.54) is 37.1 Å². The van der Waals surface area contributed by atoms with Crippen LogP contribution in [0.15, 0.2) is 41.4 Å². The van der Waals surface area contributed by atoms with Crippen LogP contribution in [0.2, 0.25) is 0 Å². The van der Waals surface area contributed by atoms with Gasteiger partial charge in [0.1, 0.15) is 18.2 Å². The van der Waals surface area contributed by atoms with E-state index in [4.69, 9.17) is 0 Å². The Balaban J connectivity index is 1.51. The molecule has 6 nitrogen and oxygen atoms in total. The molecule has 0 saturated heterocycles. The van der Waals surface area contributed by atoms with Gasteiger partial charge in [0.2, 0.25) is 10.0 Å². The van der Waals surface area contributed by atoms with E-state index < -0.39 is 35.3 Å². The van der Waals surface area contributed by atoms with Gasteiger partial charge in [-0.25, -0.2) is 21.9 Å². The van der Waals surface area contributed by atoms with Gasteiger partial charge in [0.15, 0.2) is 0 Å². The molecule has 1 aliphatic heterocycles. The number of pyridine rings is 1. The second-order valence-corrected chi connectivity index (χ2v) is 11.6. The number of nitrogens with one attached hydrogen (secondary N) is 1. The molecule has 0 bridgehead atoms. The summed E-state index contributed by atoms with van der Waals surface area (Å²) in [6, 6.07) is 10.6. The average molecular weight is 501 g/mol. The Kier molecular flexibility index (Phi) is 6.78. The smallest absolute Gasteiger partial charge is 0.242 e. The van der Waals surface area contributed by atoms with E-state index in [0.717, 1.165) is 36.9 Å². The highest BCUT2D eigenvalue weighted by molar-refractivity contribution is 7.89. The van der Waals surface area contributed by atoms with Crippen molar-refractivity contribution in [1.82, 2.24) is 9.71 Å². The Labute approximate surface area is 205 Å². The number of alkyl halides is 2. The van der Waals surface area contributed by atoms with Crippen molar-refractivity contribution >= 4 is 15.7 Å². The van der Waals surface area contributed by atoms with E-state index in [1.54, 1.807) is 6.07 Å². The maximum absolute atomic E-state index is 12.9. The first-order valence-corrected chi connectivity index (χ1v) is 13.9. The number of sulfonamides is 1. The first-order chi connectivity index (χ1) is 17.0. The number of halogens is 2. The first kappa shape index (κ1) is 24.1. The number of fused-ring (bicyclic) bond motifs is 1. The van der Waals surface area contributed by atoms with Crippen molar-refractivity contribution in [3.05, 3.63) is 53.3 Å². The molecule has 0 spiro atoms. The van der Waals surface area contributed by atoms with Gasteiger partial charge in [0.05, 0.1) is 29.8 Å². The van der Waals surface area contributed by atoms with Gasteiger partial charge in [-0.1, -0.05) is 31.4 Å². The van der Waals surface area contributed by atoms with E-state index in [0.29, 0.717) is 17.7 Å². The fourth-order valence-corrected chi connectivity index (χ4v) is 6.69. The van der Waals surface area contributed by atoms with Crippen molar-refractivity contribution in [1.29, 1.82) is 5.26 Å². The SMILES string of the molecule is N#CC1c2ccc(C3CC3)cc2N(C2CCCCC2)C1c1ccc(S(=O)(=O)NC(CF)CF)cn1. The summed E-state index contributed by atoms with van der Waals surface area (Å²) < 4.78 is 52.9. The van der Waals surface area contributed by atoms with Crippen molar-refractivity contribution in [3.8, 4) is 6.07 Å². The third kappa shape index (κ3) is 4.66. The van der Waals surface area contributed by atoms with Crippen molar-refractivity contribution in [3.63, 3.8) is 0 Å². The summed E-state index contributed by atoms with van der Waals surface area (Å²) in [7, 11) is -4.11. The van der Waals surface area contributed by atoms with E-state index in [9.17, 15) is 22.5 Å². The molecule has 2 aromatic rings. The zero-order valence-electron chi connectivity index (χ0n) is 19.5. The van der Waals surface area contributed by atoms with Gasteiger partial charge in [-0.05, 0) is 60.9 Å². The molecule has 0 amide bonds. The van der Waals surface area contributed by atoms with Crippen LogP contribution in [0, 0.1) is 11.3 Å². The van der Waals surface area contributed by atoms with E-state index in [1.807, 2.05) is 4.72 Å². The molecule has 35 heavy (non-hydrogen) atoms. The van der Waals surface area contributed by atoms with Gasteiger partial charge >= 0.3 is 0 Å².